The number of benzene rings is 1. The molecule has 1 saturated carbocycles. The second-order valence-electron chi connectivity index (χ2n) is 5.36. The van der Waals surface area contributed by atoms with Crippen LogP contribution in [0.25, 0.3) is 0 Å². The van der Waals surface area contributed by atoms with Crippen LogP contribution in [0.1, 0.15) is 37.7 Å². The normalized spacial score (nSPS) is 16.5. The summed E-state index contributed by atoms with van der Waals surface area (Å²) in [5.74, 6) is 0.113. The summed E-state index contributed by atoms with van der Waals surface area (Å²) in [6.07, 6.45) is 6.39. The van der Waals surface area contributed by atoms with Gasteiger partial charge in [0.25, 0.3) is 0 Å². The molecule has 1 aromatic rings. The third-order valence-corrected chi connectivity index (χ3v) is 3.95. The number of rotatable bonds is 5. The molecule has 3 nitrogen and oxygen atoms in total. The average molecular weight is 260 g/mol. The van der Waals surface area contributed by atoms with Crippen LogP contribution < -0.4 is 5.32 Å². The van der Waals surface area contributed by atoms with Gasteiger partial charge in [-0.05, 0) is 18.4 Å². The third kappa shape index (κ3) is 4.35. The molecule has 2 rings (SSSR count). The van der Waals surface area contributed by atoms with E-state index in [1.54, 1.807) is 7.05 Å². The molecule has 0 saturated heterocycles. The first-order valence-electron chi connectivity index (χ1n) is 7.28. The molecular formula is C16H24N2O. The Kier molecular flexibility index (Phi) is 5.40. The maximum Gasteiger partial charge on any atom is 0.233 e. The number of hydrogen-bond acceptors (Lipinski definition) is 2. The van der Waals surface area contributed by atoms with Gasteiger partial charge >= 0.3 is 0 Å². The van der Waals surface area contributed by atoms with Crippen molar-refractivity contribution in [2.45, 2.75) is 44.7 Å². The van der Waals surface area contributed by atoms with E-state index in [1.807, 2.05) is 6.07 Å². The van der Waals surface area contributed by atoms with E-state index in [0.717, 1.165) is 6.54 Å². The number of carbonyl (C=O) groups is 1. The minimum Gasteiger partial charge on any atom is -0.358 e. The van der Waals surface area contributed by atoms with Gasteiger partial charge in [0.05, 0.1) is 6.54 Å². The number of amides is 1. The summed E-state index contributed by atoms with van der Waals surface area (Å²) in [5.41, 5.74) is 1.29. The third-order valence-electron chi connectivity index (χ3n) is 3.95. The first kappa shape index (κ1) is 14.1. The number of nitrogens with zero attached hydrogens (tertiary/aromatic N) is 1. The molecule has 0 aliphatic heterocycles. The predicted molar refractivity (Wildman–Crippen MR) is 77.8 cm³/mol. The molecule has 0 bridgehead atoms. The largest absolute Gasteiger partial charge is 0.358 e. The Balaban J connectivity index is 2.02. The lowest BCUT2D eigenvalue weighted by atomic mass is 9.94. The second-order valence-corrected chi connectivity index (χ2v) is 5.36. The van der Waals surface area contributed by atoms with Crippen molar-refractivity contribution in [1.82, 2.24) is 10.2 Å². The smallest absolute Gasteiger partial charge is 0.233 e. The van der Waals surface area contributed by atoms with E-state index < -0.39 is 0 Å². The summed E-state index contributed by atoms with van der Waals surface area (Å²) >= 11 is 0. The van der Waals surface area contributed by atoms with Gasteiger partial charge in [-0.1, -0.05) is 49.6 Å². The Hall–Kier alpha value is -1.35. The van der Waals surface area contributed by atoms with Gasteiger partial charge in [0, 0.05) is 19.6 Å². The number of carbonyl (C=O) groups excluding carboxylic acids is 1. The van der Waals surface area contributed by atoms with Crippen molar-refractivity contribution in [3.63, 3.8) is 0 Å². The highest BCUT2D eigenvalue weighted by atomic mass is 16.1. The summed E-state index contributed by atoms with van der Waals surface area (Å²) in [6.45, 7) is 1.38. The van der Waals surface area contributed by atoms with Gasteiger partial charge in [0.2, 0.25) is 5.91 Å². The quantitative estimate of drug-likeness (QED) is 0.882. The Morgan fingerprint density at radius 1 is 1.21 bits per heavy atom. The number of hydrogen-bond donors (Lipinski definition) is 1. The van der Waals surface area contributed by atoms with Gasteiger partial charge in [-0.25, -0.2) is 0 Å². The second kappa shape index (κ2) is 7.29. The Bertz CT molecular complexity index is 385. The van der Waals surface area contributed by atoms with Gasteiger partial charge in [0.1, 0.15) is 0 Å². The van der Waals surface area contributed by atoms with Crippen molar-refractivity contribution in [2.24, 2.45) is 0 Å². The molecular weight excluding hydrogens is 236 g/mol. The molecule has 1 aromatic carbocycles. The molecule has 19 heavy (non-hydrogen) atoms. The summed E-state index contributed by atoms with van der Waals surface area (Å²) in [4.78, 5) is 14.0. The van der Waals surface area contributed by atoms with E-state index in [-0.39, 0.29) is 5.91 Å². The van der Waals surface area contributed by atoms with Crippen LogP contribution in [-0.2, 0) is 11.3 Å². The monoisotopic (exact) mass is 260 g/mol. The lowest BCUT2D eigenvalue weighted by Gasteiger charge is -2.33. The molecule has 104 valence electrons. The average Bonchev–Trinajstić information content (AvgIpc) is 2.48. The van der Waals surface area contributed by atoms with Crippen molar-refractivity contribution in [3.05, 3.63) is 35.9 Å². The van der Waals surface area contributed by atoms with E-state index in [1.165, 1.54) is 37.7 Å². The Labute approximate surface area is 116 Å². The molecule has 0 spiro atoms. The summed E-state index contributed by atoms with van der Waals surface area (Å²) in [7, 11) is 1.71. The first-order chi connectivity index (χ1) is 9.29. The van der Waals surface area contributed by atoms with E-state index in [9.17, 15) is 4.79 Å². The highest BCUT2D eigenvalue weighted by Crippen LogP contribution is 2.23. The minimum atomic E-state index is 0.113. The van der Waals surface area contributed by atoms with E-state index in [0.29, 0.717) is 12.6 Å². The van der Waals surface area contributed by atoms with Crippen LogP contribution in [0.5, 0.6) is 0 Å². The highest BCUT2D eigenvalue weighted by Gasteiger charge is 2.22. The van der Waals surface area contributed by atoms with Gasteiger partial charge in [-0.3, -0.25) is 9.69 Å². The number of likely N-dealkylation sites (N-methyl/N-ethyl adjacent to an activating group) is 1. The highest BCUT2D eigenvalue weighted by molar-refractivity contribution is 5.77. The fourth-order valence-electron chi connectivity index (χ4n) is 2.84. The van der Waals surface area contributed by atoms with Gasteiger partial charge in [-0.15, -0.1) is 0 Å². The van der Waals surface area contributed by atoms with E-state index in [2.05, 4.69) is 34.5 Å². The lowest BCUT2D eigenvalue weighted by molar-refractivity contribution is -0.122. The Morgan fingerprint density at radius 2 is 1.89 bits per heavy atom. The molecule has 1 aliphatic carbocycles. The summed E-state index contributed by atoms with van der Waals surface area (Å²) in [5, 5.41) is 2.74. The van der Waals surface area contributed by atoms with Crippen molar-refractivity contribution >= 4 is 5.91 Å². The number of nitrogens with one attached hydrogen (secondary N) is 1. The minimum absolute atomic E-state index is 0.113. The summed E-state index contributed by atoms with van der Waals surface area (Å²) < 4.78 is 0. The molecule has 1 aliphatic rings. The van der Waals surface area contributed by atoms with Crippen LogP contribution in [0.4, 0.5) is 0 Å². The van der Waals surface area contributed by atoms with Crippen LogP contribution in [0.2, 0.25) is 0 Å². The molecule has 1 amide bonds. The molecule has 0 heterocycles. The molecule has 0 aromatic heterocycles. The van der Waals surface area contributed by atoms with Crippen LogP contribution in [0, 0.1) is 0 Å². The lowest BCUT2D eigenvalue weighted by Crippen LogP contribution is -2.42. The van der Waals surface area contributed by atoms with Gasteiger partial charge < -0.3 is 5.32 Å². The van der Waals surface area contributed by atoms with Crippen LogP contribution in [-0.4, -0.2) is 30.4 Å². The zero-order valence-corrected chi connectivity index (χ0v) is 11.8. The van der Waals surface area contributed by atoms with Crippen molar-refractivity contribution < 1.29 is 4.79 Å². The molecule has 1 N–H and O–H groups in total. The Morgan fingerprint density at radius 3 is 2.53 bits per heavy atom. The molecule has 1 fully saturated rings. The topological polar surface area (TPSA) is 32.3 Å². The molecule has 3 heteroatoms. The zero-order valence-electron chi connectivity index (χ0n) is 11.8. The fraction of sp³-hybridized carbons (Fsp3) is 0.562. The first-order valence-corrected chi connectivity index (χ1v) is 7.28. The fourth-order valence-corrected chi connectivity index (χ4v) is 2.84. The van der Waals surface area contributed by atoms with Gasteiger partial charge in [-0.2, -0.15) is 0 Å². The van der Waals surface area contributed by atoms with Crippen molar-refractivity contribution in [1.29, 1.82) is 0 Å². The predicted octanol–water partition coefficient (Wildman–Crippen LogP) is 2.57. The van der Waals surface area contributed by atoms with Crippen molar-refractivity contribution in [2.75, 3.05) is 13.6 Å². The molecule has 0 radical (unpaired) electrons. The van der Waals surface area contributed by atoms with Gasteiger partial charge in [0.15, 0.2) is 0 Å². The molecule has 0 unspecified atom stereocenters. The maximum absolute atomic E-state index is 11.7. The maximum atomic E-state index is 11.7. The van der Waals surface area contributed by atoms with Crippen molar-refractivity contribution in [3.8, 4) is 0 Å². The van der Waals surface area contributed by atoms with Crippen LogP contribution in [0.3, 0.4) is 0 Å². The summed E-state index contributed by atoms with van der Waals surface area (Å²) in [6, 6.07) is 11.0. The van der Waals surface area contributed by atoms with E-state index >= 15 is 0 Å². The van der Waals surface area contributed by atoms with Crippen LogP contribution in [0.15, 0.2) is 30.3 Å². The zero-order chi connectivity index (χ0) is 13.5. The standard InChI is InChI=1S/C16H24N2O/c1-17-16(19)13-18(15-10-6-3-7-11-15)12-14-8-4-2-5-9-14/h2,4-5,8-9,15H,3,6-7,10-13H2,1H3,(H,17,19). The molecule has 0 atom stereocenters. The van der Waals surface area contributed by atoms with E-state index in [4.69, 9.17) is 0 Å². The van der Waals surface area contributed by atoms with Crippen LogP contribution >= 0.6 is 0 Å². The SMILES string of the molecule is CNC(=O)CN(Cc1ccccc1)C1CCCCC1.